The van der Waals surface area contributed by atoms with Gasteiger partial charge in [0.05, 0.1) is 16.6 Å². The minimum absolute atomic E-state index is 0.143. The quantitative estimate of drug-likeness (QED) is 0.763. The maximum atomic E-state index is 13.5. The van der Waals surface area contributed by atoms with Gasteiger partial charge in [-0.15, -0.1) is 0 Å². The number of nitrogens with one attached hydrogen (secondary N) is 1. The lowest BCUT2D eigenvalue weighted by molar-refractivity contribution is -0.139. The summed E-state index contributed by atoms with van der Waals surface area (Å²) >= 11 is 12.1. The molecule has 5 rings (SSSR count). The van der Waals surface area contributed by atoms with Crippen LogP contribution in [-0.4, -0.2) is 65.3 Å². The number of anilines is 1. The highest BCUT2D eigenvalue weighted by Crippen LogP contribution is 2.33. The lowest BCUT2D eigenvalue weighted by Crippen LogP contribution is -2.66. The van der Waals surface area contributed by atoms with E-state index >= 15 is 0 Å². The van der Waals surface area contributed by atoms with Gasteiger partial charge >= 0.3 is 6.03 Å². The molecule has 0 aromatic heterocycles. The van der Waals surface area contributed by atoms with E-state index in [2.05, 4.69) is 27.2 Å². The summed E-state index contributed by atoms with van der Waals surface area (Å²) in [6, 6.07) is 14.5. The summed E-state index contributed by atoms with van der Waals surface area (Å²) in [6.45, 7) is 1.83. The van der Waals surface area contributed by atoms with E-state index in [1.165, 1.54) is 4.90 Å². The van der Waals surface area contributed by atoms with E-state index in [9.17, 15) is 9.59 Å². The summed E-state index contributed by atoms with van der Waals surface area (Å²) < 4.78 is 0. The number of hydrogen-bond donors (Lipinski definition) is 1. The molecular formula is C22H23Cl2N5O2. The van der Waals surface area contributed by atoms with Crippen LogP contribution in [0.3, 0.4) is 0 Å². The molecule has 3 unspecified atom stereocenters. The molecule has 7 nitrogen and oxygen atoms in total. The molecule has 162 valence electrons. The van der Waals surface area contributed by atoms with Crippen LogP contribution in [-0.2, 0) is 11.3 Å². The van der Waals surface area contributed by atoms with Crippen molar-refractivity contribution in [2.24, 2.45) is 0 Å². The molecule has 3 heterocycles. The van der Waals surface area contributed by atoms with Gasteiger partial charge in [-0.3, -0.25) is 19.9 Å². The Bertz CT molecular complexity index is 1020. The Labute approximate surface area is 191 Å². The van der Waals surface area contributed by atoms with Crippen LogP contribution in [0, 0.1) is 0 Å². The number of nitrogens with zero attached hydrogens (tertiary/aromatic N) is 4. The van der Waals surface area contributed by atoms with Crippen molar-refractivity contribution in [3.05, 3.63) is 64.1 Å². The maximum Gasteiger partial charge on any atom is 0.328 e. The van der Waals surface area contributed by atoms with Gasteiger partial charge in [-0.1, -0.05) is 47.5 Å². The number of imide groups is 1. The summed E-state index contributed by atoms with van der Waals surface area (Å²) in [4.78, 5) is 34.0. The molecule has 3 atom stereocenters. The highest BCUT2D eigenvalue weighted by Gasteiger charge is 2.56. The standard InChI is InChI=1S/C22H23Cl2N5O2/c1-26-19-18(20(30)29(22(26)31)13-14-8-9-16(23)17(24)12-14)28-11-5-10-27(21(28)25-19)15-6-3-2-4-7-15/h2-4,6-9,12,18-19,21,25H,5,10-11,13H2,1H3. The summed E-state index contributed by atoms with van der Waals surface area (Å²) in [5.74, 6) is -0.191. The third-order valence-corrected chi connectivity index (χ3v) is 7.02. The lowest BCUT2D eigenvalue weighted by Gasteiger charge is -2.43. The zero-order valence-corrected chi connectivity index (χ0v) is 18.6. The fourth-order valence-corrected chi connectivity index (χ4v) is 5.09. The molecule has 0 spiro atoms. The van der Waals surface area contributed by atoms with Crippen molar-refractivity contribution in [2.75, 3.05) is 25.0 Å². The molecule has 3 aliphatic heterocycles. The number of carbonyl (C=O) groups is 2. The van der Waals surface area contributed by atoms with Gasteiger partial charge in [0.1, 0.15) is 18.5 Å². The molecule has 0 saturated carbocycles. The van der Waals surface area contributed by atoms with Crippen molar-refractivity contribution in [1.29, 1.82) is 0 Å². The van der Waals surface area contributed by atoms with Crippen molar-refractivity contribution in [2.45, 2.75) is 31.5 Å². The van der Waals surface area contributed by atoms with E-state index < -0.39 is 6.04 Å². The monoisotopic (exact) mass is 459 g/mol. The van der Waals surface area contributed by atoms with Gasteiger partial charge in [-0.25, -0.2) is 4.79 Å². The minimum Gasteiger partial charge on any atom is -0.343 e. The number of amides is 3. The van der Waals surface area contributed by atoms with Crippen molar-refractivity contribution in [3.8, 4) is 0 Å². The van der Waals surface area contributed by atoms with Crippen LogP contribution in [0.15, 0.2) is 48.5 Å². The first-order valence-electron chi connectivity index (χ1n) is 10.3. The van der Waals surface area contributed by atoms with Crippen molar-refractivity contribution in [1.82, 2.24) is 20.0 Å². The van der Waals surface area contributed by atoms with Crippen LogP contribution in [0.2, 0.25) is 10.0 Å². The van der Waals surface area contributed by atoms with E-state index in [0.717, 1.165) is 30.8 Å². The summed E-state index contributed by atoms with van der Waals surface area (Å²) in [5, 5.41) is 4.37. The van der Waals surface area contributed by atoms with E-state index in [0.29, 0.717) is 10.0 Å². The molecule has 3 fully saturated rings. The van der Waals surface area contributed by atoms with Crippen molar-refractivity contribution < 1.29 is 9.59 Å². The third kappa shape index (κ3) is 3.46. The van der Waals surface area contributed by atoms with Gasteiger partial charge in [0.15, 0.2) is 0 Å². The normalized spacial score (nSPS) is 26.3. The van der Waals surface area contributed by atoms with Gasteiger partial charge in [-0.05, 0) is 36.2 Å². The van der Waals surface area contributed by atoms with Gasteiger partial charge in [0.2, 0.25) is 0 Å². The molecule has 2 aromatic rings. The molecule has 9 heteroatoms. The molecule has 3 aliphatic rings. The second-order valence-corrected chi connectivity index (χ2v) is 8.93. The van der Waals surface area contributed by atoms with E-state index in [4.69, 9.17) is 23.2 Å². The third-order valence-electron chi connectivity index (χ3n) is 6.28. The molecule has 31 heavy (non-hydrogen) atoms. The van der Waals surface area contributed by atoms with Gasteiger partial charge in [0, 0.05) is 25.8 Å². The van der Waals surface area contributed by atoms with E-state index in [-0.39, 0.29) is 30.9 Å². The molecule has 2 aromatic carbocycles. The molecule has 3 saturated heterocycles. The second-order valence-electron chi connectivity index (χ2n) is 8.12. The Kier molecular flexibility index (Phi) is 5.30. The second kappa shape index (κ2) is 7.98. The maximum absolute atomic E-state index is 13.5. The van der Waals surface area contributed by atoms with Crippen molar-refractivity contribution >= 4 is 40.8 Å². The van der Waals surface area contributed by atoms with E-state index in [1.807, 2.05) is 18.2 Å². The number of rotatable bonds is 3. The number of urea groups is 1. The van der Waals surface area contributed by atoms with Gasteiger partial charge in [0.25, 0.3) is 5.91 Å². The van der Waals surface area contributed by atoms with Crippen LogP contribution in [0.25, 0.3) is 0 Å². The Morgan fingerprint density at radius 3 is 2.55 bits per heavy atom. The zero-order valence-electron chi connectivity index (χ0n) is 17.0. The van der Waals surface area contributed by atoms with Crippen LogP contribution < -0.4 is 10.2 Å². The molecule has 0 bridgehead atoms. The molecule has 0 aliphatic carbocycles. The summed E-state index contributed by atoms with van der Waals surface area (Å²) in [6.07, 6.45) is 0.420. The fraction of sp³-hybridized carbons (Fsp3) is 0.364. The number of benzene rings is 2. The van der Waals surface area contributed by atoms with Crippen LogP contribution in [0.1, 0.15) is 12.0 Å². The highest BCUT2D eigenvalue weighted by molar-refractivity contribution is 6.42. The van der Waals surface area contributed by atoms with Crippen LogP contribution in [0.4, 0.5) is 10.5 Å². The molecule has 3 amide bonds. The van der Waals surface area contributed by atoms with Crippen LogP contribution in [0.5, 0.6) is 0 Å². The number of para-hydroxylation sites is 1. The minimum atomic E-state index is -0.443. The Morgan fingerprint density at radius 1 is 1.03 bits per heavy atom. The first-order valence-corrected chi connectivity index (χ1v) is 11.1. The lowest BCUT2D eigenvalue weighted by atomic mass is 10.1. The SMILES string of the molecule is CN1C(=O)N(Cc2ccc(Cl)c(Cl)c2)C(=O)C2C1NC1N(c3ccccc3)CCCN21. The van der Waals surface area contributed by atoms with Gasteiger partial charge < -0.3 is 9.80 Å². The molecule has 1 N–H and O–H groups in total. The Balaban J connectivity index is 1.43. The smallest absolute Gasteiger partial charge is 0.328 e. The van der Waals surface area contributed by atoms with Crippen molar-refractivity contribution in [3.63, 3.8) is 0 Å². The predicted molar refractivity (Wildman–Crippen MR) is 120 cm³/mol. The number of halogens is 2. The average Bonchev–Trinajstić information content (AvgIpc) is 3.18. The fourth-order valence-electron chi connectivity index (χ4n) is 4.77. The van der Waals surface area contributed by atoms with E-state index in [1.54, 1.807) is 30.1 Å². The number of carbonyl (C=O) groups excluding carboxylic acids is 2. The van der Waals surface area contributed by atoms with Crippen LogP contribution >= 0.6 is 23.2 Å². The summed E-state index contributed by atoms with van der Waals surface area (Å²) in [7, 11) is 1.74. The Morgan fingerprint density at radius 2 is 1.81 bits per heavy atom. The zero-order chi connectivity index (χ0) is 21.7. The summed E-state index contributed by atoms with van der Waals surface area (Å²) in [5.41, 5.74) is 1.85. The molecular weight excluding hydrogens is 437 g/mol. The first-order chi connectivity index (χ1) is 15.0. The highest BCUT2D eigenvalue weighted by atomic mass is 35.5. The number of likely N-dealkylation sites (N-methyl/N-ethyl adjacent to an activating group) is 1. The average molecular weight is 460 g/mol. The number of fused-ring (bicyclic) bond motifs is 3. The topological polar surface area (TPSA) is 59.1 Å². The first kappa shape index (κ1) is 20.6. The van der Waals surface area contributed by atoms with Gasteiger partial charge in [-0.2, -0.15) is 0 Å². The number of hydrogen-bond acceptors (Lipinski definition) is 5. The molecule has 0 radical (unpaired) electrons. The predicted octanol–water partition coefficient (Wildman–Crippen LogP) is 3.18. The Hall–Kier alpha value is -2.32. The largest absolute Gasteiger partial charge is 0.343 e.